The Kier molecular flexibility index (Phi) is 18.3. The lowest BCUT2D eigenvalue weighted by Gasteiger charge is -2.06. The van der Waals surface area contributed by atoms with Gasteiger partial charge in [0.2, 0.25) is 0 Å². The second-order valence-electron chi connectivity index (χ2n) is 9.51. The zero-order chi connectivity index (χ0) is 21.7. The van der Waals surface area contributed by atoms with Gasteiger partial charge in [0.15, 0.2) is 0 Å². The van der Waals surface area contributed by atoms with Gasteiger partial charge in [-0.2, -0.15) is 0 Å². The Hall–Kier alpha value is -0.790. The molecule has 0 aromatic carbocycles. The maximum atomic E-state index is 2.58. The van der Waals surface area contributed by atoms with Crippen molar-refractivity contribution >= 4 is 0 Å². The summed E-state index contributed by atoms with van der Waals surface area (Å²) in [4.78, 5) is 0. The summed E-state index contributed by atoms with van der Waals surface area (Å²) in [6.07, 6.45) is 32.6. The number of hydrogen-bond donors (Lipinski definition) is 0. The summed E-state index contributed by atoms with van der Waals surface area (Å²) < 4.78 is 5.13. The molecule has 2 nitrogen and oxygen atoms in total. The molecule has 0 saturated heterocycles. The van der Waals surface area contributed by atoms with Gasteiger partial charge in [-0.25, -0.2) is 9.13 Å². The molecule has 0 aliphatic rings. The minimum absolute atomic E-state index is 1.20. The van der Waals surface area contributed by atoms with Gasteiger partial charge in [-0.1, -0.05) is 117 Å². The van der Waals surface area contributed by atoms with Crippen molar-refractivity contribution < 1.29 is 4.57 Å². The lowest BCUT2D eigenvalue weighted by Crippen LogP contribution is -2.37. The molecule has 1 heterocycles. The lowest BCUT2D eigenvalue weighted by molar-refractivity contribution is -0.704. The highest BCUT2D eigenvalue weighted by Gasteiger charge is 2.16. The van der Waals surface area contributed by atoms with E-state index in [4.69, 9.17) is 0 Å². The van der Waals surface area contributed by atoms with E-state index in [1.54, 1.807) is 5.82 Å². The maximum absolute atomic E-state index is 2.58. The van der Waals surface area contributed by atoms with Crippen LogP contribution in [-0.4, -0.2) is 4.57 Å². The SMILES string of the molecule is CCCCCCCCCCCCC[n+]1ccn(CCCC)c1CCCCCCCC. The Morgan fingerprint density at radius 3 is 1.57 bits per heavy atom. The molecule has 1 aromatic rings. The van der Waals surface area contributed by atoms with Crippen molar-refractivity contribution in [2.75, 3.05) is 0 Å². The quantitative estimate of drug-likeness (QED) is 0.131. The highest BCUT2D eigenvalue weighted by molar-refractivity contribution is 4.84. The molecule has 176 valence electrons. The normalized spacial score (nSPS) is 11.4. The Labute approximate surface area is 189 Å². The molecule has 0 fully saturated rings. The predicted molar refractivity (Wildman–Crippen MR) is 133 cm³/mol. The number of aryl methyl sites for hydroxylation is 2. The summed E-state index contributed by atoms with van der Waals surface area (Å²) >= 11 is 0. The first-order valence-electron chi connectivity index (χ1n) is 13.9. The smallest absolute Gasteiger partial charge is 0.234 e. The number of rotatable bonds is 22. The fourth-order valence-corrected chi connectivity index (χ4v) is 4.53. The van der Waals surface area contributed by atoms with E-state index in [0.29, 0.717) is 0 Å². The third-order valence-corrected chi connectivity index (χ3v) is 6.60. The molecule has 0 N–H and O–H groups in total. The molecule has 1 rings (SSSR count). The second-order valence-corrected chi connectivity index (χ2v) is 9.51. The van der Waals surface area contributed by atoms with Crippen LogP contribution in [-0.2, 0) is 19.5 Å². The van der Waals surface area contributed by atoms with Crippen LogP contribution in [0.15, 0.2) is 12.4 Å². The minimum Gasteiger partial charge on any atom is -0.234 e. The van der Waals surface area contributed by atoms with Crippen molar-refractivity contribution in [1.29, 1.82) is 0 Å². The molecule has 2 heteroatoms. The third kappa shape index (κ3) is 13.5. The monoisotopic (exact) mass is 419 g/mol. The molecular formula is C28H55N2+. The molecule has 0 atom stereocenters. The summed E-state index contributed by atoms with van der Waals surface area (Å²) in [5.41, 5.74) is 0. The van der Waals surface area contributed by atoms with Gasteiger partial charge in [0, 0.05) is 6.42 Å². The highest BCUT2D eigenvalue weighted by Crippen LogP contribution is 2.12. The zero-order valence-electron chi connectivity index (χ0n) is 21.1. The van der Waals surface area contributed by atoms with Crippen molar-refractivity contribution in [3.05, 3.63) is 18.2 Å². The van der Waals surface area contributed by atoms with E-state index in [1.807, 2.05) is 0 Å². The van der Waals surface area contributed by atoms with Crippen LogP contribution in [0.2, 0.25) is 0 Å². The van der Waals surface area contributed by atoms with Gasteiger partial charge in [-0.15, -0.1) is 0 Å². The third-order valence-electron chi connectivity index (χ3n) is 6.60. The molecule has 0 aliphatic carbocycles. The first-order chi connectivity index (χ1) is 14.8. The van der Waals surface area contributed by atoms with Gasteiger partial charge in [0.1, 0.15) is 12.4 Å². The average Bonchev–Trinajstić information content (AvgIpc) is 3.14. The first-order valence-corrected chi connectivity index (χ1v) is 13.9. The van der Waals surface area contributed by atoms with E-state index >= 15 is 0 Å². The lowest BCUT2D eigenvalue weighted by atomic mass is 10.1. The molecule has 30 heavy (non-hydrogen) atoms. The van der Waals surface area contributed by atoms with E-state index in [-0.39, 0.29) is 0 Å². The van der Waals surface area contributed by atoms with E-state index < -0.39 is 0 Å². The minimum atomic E-state index is 1.20. The van der Waals surface area contributed by atoms with Crippen LogP contribution >= 0.6 is 0 Å². The van der Waals surface area contributed by atoms with Gasteiger partial charge in [0.05, 0.1) is 13.1 Å². The van der Waals surface area contributed by atoms with Crippen LogP contribution in [0.4, 0.5) is 0 Å². The van der Waals surface area contributed by atoms with Crippen molar-refractivity contribution in [2.24, 2.45) is 0 Å². The molecule has 0 radical (unpaired) electrons. The molecule has 0 spiro atoms. The Bertz CT molecular complexity index is 477. The van der Waals surface area contributed by atoms with Gasteiger partial charge < -0.3 is 0 Å². The topological polar surface area (TPSA) is 8.81 Å². The van der Waals surface area contributed by atoms with E-state index in [1.165, 1.54) is 142 Å². The van der Waals surface area contributed by atoms with E-state index in [0.717, 1.165) is 0 Å². The standard InChI is InChI=1S/C28H55N2/c1-4-7-10-12-14-15-16-17-18-20-22-25-30-27-26-29(24-9-6-3)28(30)23-21-19-13-11-8-5-2/h26-27H,4-25H2,1-3H3/q+1. The van der Waals surface area contributed by atoms with Crippen LogP contribution in [0.3, 0.4) is 0 Å². The molecule has 0 unspecified atom stereocenters. The maximum Gasteiger partial charge on any atom is 0.256 e. The van der Waals surface area contributed by atoms with Gasteiger partial charge in [-0.05, 0) is 25.7 Å². The second kappa shape index (κ2) is 20.1. The molecule has 1 aromatic heterocycles. The van der Waals surface area contributed by atoms with Crippen LogP contribution in [0.1, 0.15) is 149 Å². The molecule has 0 amide bonds. The summed E-state index contributed by atoms with van der Waals surface area (Å²) in [5.74, 6) is 1.59. The molecule has 0 aliphatic heterocycles. The Morgan fingerprint density at radius 1 is 0.567 bits per heavy atom. The van der Waals surface area contributed by atoms with Gasteiger partial charge in [-0.3, -0.25) is 0 Å². The first kappa shape index (κ1) is 27.2. The predicted octanol–water partition coefficient (Wildman–Crippen LogP) is 8.79. The van der Waals surface area contributed by atoms with Crippen LogP contribution in [0.25, 0.3) is 0 Å². The van der Waals surface area contributed by atoms with Crippen molar-refractivity contribution in [1.82, 2.24) is 4.57 Å². The number of hydrogen-bond acceptors (Lipinski definition) is 0. The molecule has 0 bridgehead atoms. The summed E-state index contributed by atoms with van der Waals surface area (Å²) in [5, 5.41) is 0. The molecule has 0 saturated carbocycles. The van der Waals surface area contributed by atoms with Crippen LogP contribution in [0, 0.1) is 0 Å². The van der Waals surface area contributed by atoms with Gasteiger partial charge >= 0.3 is 0 Å². The largest absolute Gasteiger partial charge is 0.256 e. The van der Waals surface area contributed by atoms with Crippen molar-refractivity contribution in [3.63, 3.8) is 0 Å². The van der Waals surface area contributed by atoms with Crippen molar-refractivity contribution in [2.45, 2.75) is 162 Å². The van der Waals surface area contributed by atoms with E-state index in [2.05, 4.69) is 42.3 Å². The number of imidazole rings is 1. The fourth-order valence-electron chi connectivity index (χ4n) is 4.53. The highest BCUT2D eigenvalue weighted by atomic mass is 15.1. The zero-order valence-corrected chi connectivity index (χ0v) is 21.1. The molecular weight excluding hydrogens is 364 g/mol. The fraction of sp³-hybridized carbons (Fsp3) is 0.893. The van der Waals surface area contributed by atoms with Gasteiger partial charge in [0.25, 0.3) is 5.82 Å². The Balaban J connectivity index is 2.23. The average molecular weight is 420 g/mol. The Morgan fingerprint density at radius 2 is 1.03 bits per heavy atom. The van der Waals surface area contributed by atoms with Crippen LogP contribution < -0.4 is 4.57 Å². The number of nitrogens with zero attached hydrogens (tertiary/aromatic N) is 2. The summed E-state index contributed by atoms with van der Waals surface area (Å²) in [7, 11) is 0. The van der Waals surface area contributed by atoms with Crippen LogP contribution in [0.5, 0.6) is 0 Å². The van der Waals surface area contributed by atoms with E-state index in [9.17, 15) is 0 Å². The number of aromatic nitrogens is 2. The number of unbranched alkanes of at least 4 members (excludes halogenated alkanes) is 16. The summed E-state index contributed by atoms with van der Waals surface area (Å²) in [6.45, 7) is 9.33. The summed E-state index contributed by atoms with van der Waals surface area (Å²) in [6, 6.07) is 0. The van der Waals surface area contributed by atoms with Crippen molar-refractivity contribution in [3.8, 4) is 0 Å².